The van der Waals surface area contributed by atoms with Crippen LogP contribution in [0.3, 0.4) is 0 Å². The largest absolute Gasteiger partial charge is 1.00 e. The third-order valence-electron chi connectivity index (χ3n) is 4.76. The second-order valence-corrected chi connectivity index (χ2v) is 8.31. The van der Waals surface area contributed by atoms with Gasteiger partial charge in [-0.1, -0.05) is 44.7 Å². The number of carbonyl (C=O) groups excluding carboxylic acids is 2. The van der Waals surface area contributed by atoms with Crippen LogP contribution < -0.4 is 61.8 Å². The fourth-order valence-corrected chi connectivity index (χ4v) is 3.75. The summed E-state index contributed by atoms with van der Waals surface area (Å²) in [6, 6.07) is 5.13. The number of anilines is 1. The number of nitrogens with one attached hydrogen (secondary N) is 1. The van der Waals surface area contributed by atoms with Crippen molar-refractivity contribution in [1.82, 2.24) is 9.55 Å². The Balaban J connectivity index is 0.00000450. The number of aliphatic carboxylic acids is 1. The zero-order chi connectivity index (χ0) is 21.7. The van der Waals surface area contributed by atoms with E-state index in [1.165, 1.54) is 42.1 Å². The Morgan fingerprint density at radius 2 is 1.90 bits per heavy atom. The van der Waals surface area contributed by atoms with Gasteiger partial charge in [-0.15, -0.1) is 0 Å². The van der Waals surface area contributed by atoms with E-state index in [1.807, 2.05) is 6.92 Å². The van der Waals surface area contributed by atoms with Gasteiger partial charge in [0.25, 0.3) is 16.0 Å². The minimum Gasteiger partial charge on any atom is -0.548 e. The van der Waals surface area contributed by atoms with Crippen molar-refractivity contribution in [3.63, 3.8) is 0 Å². The molecule has 0 saturated heterocycles. The number of carboxylic acid groups (broad SMARTS) is 1. The summed E-state index contributed by atoms with van der Waals surface area (Å²) in [4.78, 5) is 28.0. The van der Waals surface area contributed by atoms with Gasteiger partial charge in [0.05, 0.1) is 17.1 Å². The molecule has 1 heterocycles. The summed E-state index contributed by atoms with van der Waals surface area (Å²) in [5.41, 5.74) is -1.74. The molecule has 2 aromatic rings. The number of rotatable bonds is 10. The van der Waals surface area contributed by atoms with Crippen LogP contribution in [0.15, 0.2) is 41.6 Å². The molecule has 2 rings (SSSR count). The molecule has 0 aliphatic rings. The maximum atomic E-state index is 12.6. The molecule has 0 radical (unpaired) electrons. The molecule has 158 valence electrons. The van der Waals surface area contributed by atoms with Crippen molar-refractivity contribution in [2.45, 2.75) is 56.4 Å². The first-order chi connectivity index (χ1) is 13.6. The van der Waals surface area contributed by atoms with E-state index in [0.717, 1.165) is 25.3 Å². The fourth-order valence-electron chi connectivity index (χ4n) is 3.06. The Labute approximate surface area is 218 Å². The van der Waals surface area contributed by atoms with Gasteiger partial charge >= 0.3 is 51.4 Å². The zero-order valence-corrected chi connectivity index (χ0v) is 21.2. The van der Waals surface area contributed by atoms with Crippen LogP contribution in [0.1, 0.15) is 56.3 Å². The molecular weight excluding hydrogens is 437 g/mol. The monoisotopic (exact) mass is 461 g/mol. The second-order valence-electron chi connectivity index (χ2n) is 6.92. The number of hydrogen-bond acceptors (Lipinski definition) is 6. The second kappa shape index (κ2) is 11.5. The number of carbonyl (C=O) groups is 2. The van der Waals surface area contributed by atoms with E-state index >= 15 is 0 Å². The van der Waals surface area contributed by atoms with Crippen molar-refractivity contribution in [2.75, 3.05) is 5.32 Å². The van der Waals surface area contributed by atoms with Gasteiger partial charge in [0.2, 0.25) is 5.95 Å². The van der Waals surface area contributed by atoms with Crippen LogP contribution >= 0.6 is 0 Å². The molecule has 1 aromatic carbocycles. The molecule has 0 saturated carbocycles. The molecule has 1 aromatic heterocycles. The number of amides is 1. The van der Waals surface area contributed by atoms with Crippen LogP contribution in [0.5, 0.6) is 0 Å². The molecule has 1 amide bonds. The first kappa shape index (κ1) is 27.0. The summed E-state index contributed by atoms with van der Waals surface area (Å²) in [6.07, 6.45) is 6.51. The summed E-state index contributed by atoms with van der Waals surface area (Å²) in [5, 5.41) is 14.3. The molecule has 0 unspecified atom stereocenters. The summed E-state index contributed by atoms with van der Waals surface area (Å²) in [6.45, 7) is 3.53. The maximum Gasteiger partial charge on any atom is 1.00 e. The summed E-state index contributed by atoms with van der Waals surface area (Å²) in [7, 11) is -4.62. The van der Waals surface area contributed by atoms with Crippen molar-refractivity contribution in [3.05, 3.63) is 42.2 Å². The van der Waals surface area contributed by atoms with Crippen LogP contribution in [0.25, 0.3) is 0 Å². The third kappa shape index (κ3) is 6.46. The van der Waals surface area contributed by atoms with Gasteiger partial charge < -0.3 is 14.5 Å². The van der Waals surface area contributed by atoms with E-state index in [1.54, 1.807) is 0 Å². The van der Waals surface area contributed by atoms with E-state index in [0.29, 0.717) is 6.42 Å². The zero-order valence-electron chi connectivity index (χ0n) is 17.3. The number of benzene rings is 1. The predicted octanol–water partition coefficient (Wildman–Crippen LogP) is -1.18. The first-order valence-corrected chi connectivity index (χ1v) is 10.7. The van der Waals surface area contributed by atoms with Gasteiger partial charge in [-0.05, 0) is 25.5 Å². The average Bonchev–Trinajstić information content (AvgIpc) is 3.13. The topological polar surface area (TPSA) is 141 Å². The first-order valence-electron chi connectivity index (χ1n) is 9.24. The van der Waals surface area contributed by atoms with E-state index in [9.17, 15) is 27.7 Å². The minimum absolute atomic E-state index is 0. The number of carboxylic acids is 1. The van der Waals surface area contributed by atoms with Crippen molar-refractivity contribution in [2.24, 2.45) is 0 Å². The van der Waals surface area contributed by atoms with Crippen molar-refractivity contribution >= 4 is 27.9 Å². The van der Waals surface area contributed by atoms with Crippen LogP contribution in [0, 0.1) is 0 Å². The van der Waals surface area contributed by atoms with Gasteiger partial charge in [0.15, 0.2) is 0 Å². The quantitative estimate of drug-likeness (QED) is 0.258. The molecule has 1 atom stereocenters. The molecule has 0 spiro atoms. The number of unbranched alkanes of at least 4 members (excludes halogenated alkanes) is 3. The van der Waals surface area contributed by atoms with E-state index in [2.05, 4.69) is 10.3 Å². The van der Waals surface area contributed by atoms with E-state index < -0.39 is 32.4 Å². The average molecular weight is 462 g/mol. The molecule has 2 N–H and O–H groups in total. The molecule has 0 aliphatic heterocycles. The molecule has 0 bridgehead atoms. The summed E-state index contributed by atoms with van der Waals surface area (Å²) < 4.78 is 33.7. The molecule has 11 heteroatoms. The molecule has 9 nitrogen and oxygen atoms in total. The van der Waals surface area contributed by atoms with Crippen LogP contribution in [0.4, 0.5) is 5.95 Å². The van der Waals surface area contributed by atoms with Crippen LogP contribution in [-0.4, -0.2) is 34.4 Å². The summed E-state index contributed by atoms with van der Waals surface area (Å²) >= 11 is 0. The van der Waals surface area contributed by atoms with E-state index in [-0.39, 0.29) is 69.3 Å². The number of nitrogens with zero attached hydrogens (tertiary/aromatic N) is 2. The van der Waals surface area contributed by atoms with Crippen LogP contribution in [-0.2, 0) is 20.5 Å². The SMILES string of the molecule is CCCCCC[C@](C)(C(=O)[O-])n1ccnc1NC(=O)c1ccccc1S(=O)(=O)O.[K+]. The summed E-state index contributed by atoms with van der Waals surface area (Å²) in [5.74, 6) is -2.24. The minimum atomic E-state index is -4.62. The molecular formula is C19H24KN3O6S. The van der Waals surface area contributed by atoms with Crippen LogP contribution in [0.2, 0.25) is 0 Å². The molecule has 0 aliphatic carbocycles. The van der Waals surface area contributed by atoms with Crippen molar-refractivity contribution < 1.29 is 79.1 Å². The standard InChI is InChI=1S/C19H25N3O6S.K/c1-3-4-5-8-11-19(2,17(24)25)22-13-12-20-18(22)21-16(23)14-9-6-7-10-15(14)29(26,27)28;/h6-7,9-10,12-13H,3-5,8,11H2,1-2H3,(H,24,25)(H,20,21,23)(H,26,27,28);/q;+1/p-1/t19-;/m1./s1. The van der Waals surface area contributed by atoms with Gasteiger partial charge in [0, 0.05) is 12.4 Å². The number of aromatic nitrogens is 2. The van der Waals surface area contributed by atoms with Gasteiger partial charge in [0.1, 0.15) is 4.90 Å². The predicted molar refractivity (Wildman–Crippen MR) is 104 cm³/mol. The van der Waals surface area contributed by atoms with E-state index in [4.69, 9.17) is 0 Å². The smallest absolute Gasteiger partial charge is 0.548 e. The van der Waals surface area contributed by atoms with Gasteiger partial charge in [-0.3, -0.25) is 14.7 Å². The number of hydrogen-bond donors (Lipinski definition) is 2. The Hall–Kier alpha value is -1.08. The maximum absolute atomic E-state index is 12.6. The van der Waals surface area contributed by atoms with Crippen molar-refractivity contribution in [3.8, 4) is 0 Å². The molecule has 0 fully saturated rings. The van der Waals surface area contributed by atoms with Gasteiger partial charge in [-0.2, -0.15) is 8.42 Å². The number of imidazole rings is 1. The van der Waals surface area contributed by atoms with Gasteiger partial charge in [-0.25, -0.2) is 4.98 Å². The Kier molecular flexibility index (Phi) is 10.3. The Bertz CT molecular complexity index is 992. The Morgan fingerprint density at radius 1 is 1.23 bits per heavy atom. The normalized spacial score (nSPS) is 13.2. The Morgan fingerprint density at radius 3 is 2.50 bits per heavy atom. The fraction of sp³-hybridized carbons (Fsp3) is 0.421. The van der Waals surface area contributed by atoms with Crippen molar-refractivity contribution in [1.29, 1.82) is 0 Å². The third-order valence-corrected chi connectivity index (χ3v) is 5.68. The molecule has 30 heavy (non-hydrogen) atoms.